The maximum atomic E-state index is 12.3. The molecule has 1 amide bonds. The van der Waals surface area contributed by atoms with Crippen LogP contribution in [-0.4, -0.2) is 20.4 Å². The Balaban J connectivity index is 1.57. The van der Waals surface area contributed by atoms with Crippen LogP contribution in [0.3, 0.4) is 0 Å². The summed E-state index contributed by atoms with van der Waals surface area (Å²) in [6, 6.07) is 4.06. The summed E-state index contributed by atoms with van der Waals surface area (Å²) in [7, 11) is 0. The van der Waals surface area contributed by atoms with Crippen molar-refractivity contribution >= 4 is 5.91 Å². The molecule has 3 rings (SSSR count). The highest BCUT2D eigenvalue weighted by atomic mass is 16.1. The highest BCUT2D eigenvalue weighted by Gasteiger charge is 2.25. The monoisotopic (exact) mass is 284 g/mol. The topological polar surface area (TPSA) is 59.8 Å². The number of nitrogens with zero attached hydrogens (tertiary/aromatic N) is 3. The van der Waals surface area contributed by atoms with Crippen molar-refractivity contribution in [2.75, 3.05) is 0 Å². The lowest BCUT2D eigenvalue weighted by molar-refractivity contribution is -0.125. The number of rotatable bonds is 4. The maximum Gasteiger partial charge on any atom is 0.223 e. The van der Waals surface area contributed by atoms with E-state index in [-0.39, 0.29) is 11.8 Å². The van der Waals surface area contributed by atoms with Gasteiger partial charge in [-0.1, -0.05) is 6.92 Å². The standard InChI is InChI=1S/C16H20N4O/c1-2-12-3-5-17-14(9-12)11-19-16(21)13-4-7-20-8-6-18-15(20)10-13/h3,5-6,8-9,13H,2,4,7,10-11H2,1H3,(H,19,21). The van der Waals surface area contributed by atoms with Gasteiger partial charge in [0, 0.05) is 37.5 Å². The zero-order chi connectivity index (χ0) is 14.7. The summed E-state index contributed by atoms with van der Waals surface area (Å²) in [6.45, 7) is 3.48. The summed E-state index contributed by atoms with van der Waals surface area (Å²) in [4.78, 5) is 20.9. The van der Waals surface area contributed by atoms with E-state index in [0.29, 0.717) is 6.54 Å². The van der Waals surface area contributed by atoms with E-state index in [4.69, 9.17) is 0 Å². The van der Waals surface area contributed by atoms with Gasteiger partial charge in [0.1, 0.15) is 5.82 Å². The number of hydrogen-bond donors (Lipinski definition) is 1. The van der Waals surface area contributed by atoms with E-state index in [9.17, 15) is 4.79 Å². The van der Waals surface area contributed by atoms with Gasteiger partial charge in [-0.3, -0.25) is 9.78 Å². The molecular formula is C16H20N4O. The Hall–Kier alpha value is -2.17. The van der Waals surface area contributed by atoms with Gasteiger partial charge in [-0.05, 0) is 30.5 Å². The van der Waals surface area contributed by atoms with Gasteiger partial charge in [0.05, 0.1) is 12.2 Å². The number of hydrogen-bond acceptors (Lipinski definition) is 3. The Morgan fingerprint density at radius 1 is 1.43 bits per heavy atom. The van der Waals surface area contributed by atoms with Crippen LogP contribution in [0.25, 0.3) is 0 Å². The number of fused-ring (bicyclic) bond motifs is 1. The minimum atomic E-state index is 0.0225. The van der Waals surface area contributed by atoms with Crippen LogP contribution in [0.5, 0.6) is 0 Å². The predicted molar refractivity (Wildman–Crippen MR) is 79.5 cm³/mol. The first kappa shape index (κ1) is 13.8. The predicted octanol–water partition coefficient (Wildman–Crippen LogP) is 1.72. The molecule has 0 fully saturated rings. The van der Waals surface area contributed by atoms with Crippen molar-refractivity contribution in [2.24, 2.45) is 5.92 Å². The number of imidazole rings is 1. The van der Waals surface area contributed by atoms with Crippen molar-refractivity contribution < 1.29 is 4.79 Å². The molecule has 0 saturated heterocycles. The smallest absolute Gasteiger partial charge is 0.223 e. The van der Waals surface area contributed by atoms with Crippen LogP contribution in [0.2, 0.25) is 0 Å². The average molecular weight is 284 g/mol. The molecule has 3 heterocycles. The van der Waals surface area contributed by atoms with Gasteiger partial charge in [0.2, 0.25) is 5.91 Å². The van der Waals surface area contributed by atoms with Crippen molar-refractivity contribution in [3.8, 4) is 0 Å². The molecule has 1 aliphatic rings. The summed E-state index contributed by atoms with van der Waals surface area (Å²) in [6.07, 6.45) is 8.16. The maximum absolute atomic E-state index is 12.3. The second kappa shape index (κ2) is 6.08. The van der Waals surface area contributed by atoms with E-state index >= 15 is 0 Å². The summed E-state index contributed by atoms with van der Waals surface area (Å²) >= 11 is 0. The van der Waals surface area contributed by atoms with Crippen molar-refractivity contribution in [1.82, 2.24) is 19.9 Å². The van der Waals surface area contributed by atoms with Gasteiger partial charge in [0.15, 0.2) is 0 Å². The van der Waals surface area contributed by atoms with E-state index in [2.05, 4.69) is 26.8 Å². The lowest BCUT2D eigenvalue weighted by Crippen LogP contribution is -2.35. The van der Waals surface area contributed by atoms with Crippen molar-refractivity contribution in [3.05, 3.63) is 47.8 Å². The van der Waals surface area contributed by atoms with Crippen LogP contribution in [0.4, 0.5) is 0 Å². The van der Waals surface area contributed by atoms with Gasteiger partial charge in [-0.15, -0.1) is 0 Å². The molecule has 21 heavy (non-hydrogen) atoms. The molecule has 0 spiro atoms. The molecule has 0 radical (unpaired) electrons. The summed E-state index contributed by atoms with van der Waals surface area (Å²) in [5.74, 6) is 1.13. The second-order valence-electron chi connectivity index (χ2n) is 5.45. The fourth-order valence-corrected chi connectivity index (χ4v) is 2.74. The van der Waals surface area contributed by atoms with Crippen molar-refractivity contribution in [3.63, 3.8) is 0 Å². The van der Waals surface area contributed by atoms with Gasteiger partial charge < -0.3 is 9.88 Å². The Kier molecular flexibility index (Phi) is 3.99. The van der Waals surface area contributed by atoms with Crippen molar-refractivity contribution in [1.29, 1.82) is 0 Å². The first-order valence-corrected chi connectivity index (χ1v) is 7.47. The largest absolute Gasteiger partial charge is 0.350 e. The number of pyridine rings is 1. The number of nitrogens with one attached hydrogen (secondary N) is 1. The number of aromatic nitrogens is 3. The quantitative estimate of drug-likeness (QED) is 0.930. The molecule has 1 unspecified atom stereocenters. The molecular weight excluding hydrogens is 264 g/mol. The number of carbonyl (C=O) groups is 1. The molecule has 0 aromatic carbocycles. The van der Waals surface area contributed by atoms with E-state index in [1.807, 2.05) is 18.3 Å². The minimum Gasteiger partial charge on any atom is -0.350 e. The van der Waals surface area contributed by atoms with Gasteiger partial charge >= 0.3 is 0 Å². The molecule has 5 heteroatoms. The Labute approximate surface area is 124 Å². The minimum absolute atomic E-state index is 0.0225. The molecule has 2 aromatic heterocycles. The van der Waals surface area contributed by atoms with Crippen LogP contribution < -0.4 is 5.32 Å². The summed E-state index contributed by atoms with van der Waals surface area (Å²) in [5.41, 5.74) is 2.16. The number of aryl methyl sites for hydroxylation is 2. The summed E-state index contributed by atoms with van der Waals surface area (Å²) < 4.78 is 2.12. The Bertz CT molecular complexity index is 635. The van der Waals surface area contributed by atoms with Crippen molar-refractivity contribution in [2.45, 2.75) is 39.3 Å². The van der Waals surface area contributed by atoms with Crippen LogP contribution in [-0.2, 0) is 30.7 Å². The van der Waals surface area contributed by atoms with E-state index < -0.39 is 0 Å². The third kappa shape index (κ3) is 3.12. The molecule has 1 atom stereocenters. The first-order chi connectivity index (χ1) is 10.3. The third-order valence-electron chi connectivity index (χ3n) is 4.05. The zero-order valence-electron chi connectivity index (χ0n) is 12.2. The van der Waals surface area contributed by atoms with Gasteiger partial charge in [-0.25, -0.2) is 4.98 Å². The summed E-state index contributed by atoms with van der Waals surface area (Å²) in [5, 5.41) is 3.00. The van der Waals surface area contributed by atoms with Crippen LogP contribution >= 0.6 is 0 Å². The lowest BCUT2D eigenvalue weighted by Gasteiger charge is -2.22. The lowest BCUT2D eigenvalue weighted by atomic mass is 9.97. The molecule has 5 nitrogen and oxygen atoms in total. The third-order valence-corrected chi connectivity index (χ3v) is 4.05. The number of amides is 1. The zero-order valence-corrected chi connectivity index (χ0v) is 12.2. The van der Waals surface area contributed by atoms with Crippen LogP contribution in [0, 0.1) is 5.92 Å². The fraction of sp³-hybridized carbons (Fsp3) is 0.438. The molecule has 0 saturated carbocycles. The molecule has 1 aliphatic heterocycles. The van der Waals surface area contributed by atoms with Gasteiger partial charge in [-0.2, -0.15) is 0 Å². The van der Waals surface area contributed by atoms with E-state index in [1.54, 1.807) is 12.4 Å². The van der Waals surface area contributed by atoms with Crippen LogP contribution in [0.15, 0.2) is 30.7 Å². The molecule has 2 aromatic rings. The fourth-order valence-electron chi connectivity index (χ4n) is 2.74. The van der Waals surface area contributed by atoms with Crippen LogP contribution in [0.1, 0.15) is 30.4 Å². The second-order valence-corrected chi connectivity index (χ2v) is 5.45. The molecule has 0 bridgehead atoms. The first-order valence-electron chi connectivity index (χ1n) is 7.47. The SMILES string of the molecule is CCc1ccnc(CNC(=O)C2CCn3ccnc3C2)c1. The highest BCUT2D eigenvalue weighted by Crippen LogP contribution is 2.19. The van der Waals surface area contributed by atoms with E-state index in [1.165, 1.54) is 5.56 Å². The Morgan fingerprint density at radius 2 is 2.33 bits per heavy atom. The van der Waals surface area contributed by atoms with Gasteiger partial charge in [0.25, 0.3) is 0 Å². The Morgan fingerprint density at radius 3 is 3.19 bits per heavy atom. The van der Waals surface area contributed by atoms with E-state index in [0.717, 1.165) is 37.3 Å². The average Bonchev–Trinajstić information content (AvgIpc) is 3.00. The molecule has 0 aliphatic carbocycles. The number of carbonyl (C=O) groups excluding carboxylic acids is 1. The highest BCUT2D eigenvalue weighted by molar-refractivity contribution is 5.78. The molecule has 1 N–H and O–H groups in total. The normalized spacial score (nSPS) is 17.3. The molecule has 110 valence electrons.